The summed E-state index contributed by atoms with van der Waals surface area (Å²) in [6.07, 6.45) is 2.30. The van der Waals surface area contributed by atoms with Gasteiger partial charge < -0.3 is 14.7 Å². The van der Waals surface area contributed by atoms with Gasteiger partial charge in [-0.05, 0) is 67.1 Å². The van der Waals surface area contributed by atoms with E-state index in [1.165, 1.54) is 17.3 Å². The van der Waals surface area contributed by atoms with Gasteiger partial charge in [-0.15, -0.1) is 0 Å². The van der Waals surface area contributed by atoms with E-state index in [9.17, 15) is 9.59 Å². The van der Waals surface area contributed by atoms with Gasteiger partial charge in [-0.2, -0.15) is 0 Å². The van der Waals surface area contributed by atoms with E-state index in [1.807, 2.05) is 18.2 Å². The molecule has 2 amide bonds. The lowest BCUT2D eigenvalue weighted by atomic mass is 9.82. The van der Waals surface area contributed by atoms with Gasteiger partial charge in [0.25, 0.3) is 5.91 Å². The highest BCUT2D eigenvalue weighted by Gasteiger charge is 2.53. The van der Waals surface area contributed by atoms with Gasteiger partial charge in [0.15, 0.2) is 5.17 Å². The SMILES string of the molecule is CC(C)C1=C(C(=O)N2CCC[C@H]2C(=O)N(C)C)SC2=NC(C)(Cc3ccccc3)C(c3ccc(Cl)cc3)N21. The summed E-state index contributed by atoms with van der Waals surface area (Å²) in [6, 6.07) is 17.9. The highest BCUT2D eigenvalue weighted by atomic mass is 35.5. The first-order chi connectivity index (χ1) is 18.1. The number of amides is 2. The van der Waals surface area contributed by atoms with Gasteiger partial charge in [0.1, 0.15) is 10.9 Å². The number of likely N-dealkylation sites (tertiary alicyclic amines) is 1. The molecule has 3 aliphatic rings. The Morgan fingerprint density at radius 1 is 1.13 bits per heavy atom. The van der Waals surface area contributed by atoms with Crippen LogP contribution in [0, 0.1) is 5.92 Å². The summed E-state index contributed by atoms with van der Waals surface area (Å²) in [6.45, 7) is 7.06. The molecule has 0 radical (unpaired) electrons. The molecule has 2 aromatic rings. The molecule has 6 nitrogen and oxygen atoms in total. The van der Waals surface area contributed by atoms with E-state index in [-0.39, 0.29) is 23.8 Å². The third-order valence-electron chi connectivity index (χ3n) is 7.66. The second-order valence-electron chi connectivity index (χ2n) is 11.1. The van der Waals surface area contributed by atoms with Gasteiger partial charge >= 0.3 is 0 Å². The van der Waals surface area contributed by atoms with Gasteiger partial charge in [0, 0.05) is 31.4 Å². The third-order valence-corrected chi connectivity index (χ3v) is 8.97. The summed E-state index contributed by atoms with van der Waals surface area (Å²) in [5, 5.41) is 1.54. The maximum Gasteiger partial charge on any atom is 0.263 e. The molecule has 8 heteroatoms. The van der Waals surface area contributed by atoms with E-state index < -0.39 is 11.6 Å². The molecular formula is C30H35ClN4O2S. The van der Waals surface area contributed by atoms with Crippen LogP contribution in [0.25, 0.3) is 0 Å². The number of nitrogens with zero attached hydrogens (tertiary/aromatic N) is 4. The minimum absolute atomic E-state index is 0.0159. The highest BCUT2D eigenvalue weighted by molar-refractivity contribution is 8.18. The monoisotopic (exact) mass is 550 g/mol. The minimum Gasteiger partial charge on any atom is -0.347 e. The van der Waals surface area contributed by atoms with Crippen molar-refractivity contribution in [2.45, 2.75) is 57.7 Å². The molecule has 2 unspecified atom stereocenters. The van der Waals surface area contributed by atoms with Crippen LogP contribution in [0.15, 0.2) is 70.2 Å². The fourth-order valence-electron chi connectivity index (χ4n) is 5.98. The van der Waals surface area contributed by atoms with Crippen LogP contribution in [0.4, 0.5) is 0 Å². The molecule has 3 atom stereocenters. The number of allylic oxidation sites excluding steroid dienone is 1. The third kappa shape index (κ3) is 4.75. The minimum atomic E-state index is -0.441. The zero-order chi connectivity index (χ0) is 27.2. The number of aliphatic imine (C=N–C) groups is 1. The summed E-state index contributed by atoms with van der Waals surface area (Å²) in [4.78, 5) is 38.6. The van der Waals surface area contributed by atoms with E-state index in [4.69, 9.17) is 16.6 Å². The summed E-state index contributed by atoms with van der Waals surface area (Å²) in [5.41, 5.74) is 2.88. The van der Waals surface area contributed by atoms with E-state index in [0.717, 1.165) is 29.3 Å². The zero-order valence-corrected chi connectivity index (χ0v) is 24.2. The van der Waals surface area contributed by atoms with Gasteiger partial charge in [-0.3, -0.25) is 14.6 Å². The lowest BCUT2D eigenvalue weighted by molar-refractivity contribution is -0.140. The second-order valence-corrected chi connectivity index (χ2v) is 12.5. The van der Waals surface area contributed by atoms with Gasteiger partial charge in [0.2, 0.25) is 5.91 Å². The van der Waals surface area contributed by atoms with Crippen molar-refractivity contribution < 1.29 is 9.59 Å². The van der Waals surface area contributed by atoms with Crippen LogP contribution < -0.4 is 0 Å². The van der Waals surface area contributed by atoms with Crippen molar-refractivity contribution in [2.24, 2.45) is 10.9 Å². The molecule has 0 saturated carbocycles. The maximum atomic E-state index is 14.0. The van der Waals surface area contributed by atoms with E-state index >= 15 is 0 Å². The molecule has 3 aliphatic heterocycles. The number of carbonyl (C=O) groups excluding carboxylic acids is 2. The molecule has 0 aliphatic carbocycles. The maximum absolute atomic E-state index is 14.0. The summed E-state index contributed by atoms with van der Waals surface area (Å²) >= 11 is 7.73. The first-order valence-electron chi connectivity index (χ1n) is 13.2. The van der Waals surface area contributed by atoms with Crippen LogP contribution in [0.1, 0.15) is 50.8 Å². The Kier molecular flexibility index (Phi) is 7.35. The number of hydrogen-bond acceptors (Lipinski definition) is 5. The van der Waals surface area contributed by atoms with Crippen molar-refractivity contribution in [1.29, 1.82) is 0 Å². The average Bonchev–Trinajstić information content (AvgIpc) is 3.56. The molecule has 3 heterocycles. The Morgan fingerprint density at radius 3 is 2.45 bits per heavy atom. The van der Waals surface area contributed by atoms with Crippen LogP contribution >= 0.6 is 23.4 Å². The highest BCUT2D eigenvalue weighted by Crippen LogP contribution is 2.53. The van der Waals surface area contributed by atoms with E-state index in [2.05, 4.69) is 62.1 Å². The fraction of sp³-hybridized carbons (Fsp3) is 0.433. The Bertz CT molecular complexity index is 1290. The largest absolute Gasteiger partial charge is 0.347 e. The number of halogens is 1. The van der Waals surface area contributed by atoms with Crippen molar-refractivity contribution in [3.05, 3.63) is 81.3 Å². The molecule has 0 N–H and O–H groups in total. The molecule has 0 spiro atoms. The lowest BCUT2D eigenvalue weighted by Crippen LogP contribution is -2.46. The van der Waals surface area contributed by atoms with Gasteiger partial charge in [-0.25, -0.2) is 0 Å². The first-order valence-corrected chi connectivity index (χ1v) is 14.4. The lowest BCUT2D eigenvalue weighted by Gasteiger charge is -2.37. The van der Waals surface area contributed by atoms with Crippen molar-refractivity contribution in [3.63, 3.8) is 0 Å². The fourth-order valence-corrected chi connectivity index (χ4v) is 7.48. The molecule has 5 rings (SSSR count). The number of benzene rings is 2. The average molecular weight is 551 g/mol. The molecule has 1 saturated heterocycles. The molecule has 0 bridgehead atoms. The Hall–Kier alpha value is -2.77. The topological polar surface area (TPSA) is 56.2 Å². The Balaban J connectivity index is 1.56. The number of rotatable bonds is 6. The predicted molar refractivity (Wildman–Crippen MR) is 155 cm³/mol. The smallest absolute Gasteiger partial charge is 0.263 e. The Labute approximate surface area is 234 Å². The number of carbonyl (C=O) groups is 2. The number of hydrogen-bond donors (Lipinski definition) is 0. The molecular weight excluding hydrogens is 516 g/mol. The molecule has 1 fully saturated rings. The first kappa shape index (κ1) is 26.8. The number of thioether (sulfide) groups is 1. The number of fused-ring (bicyclic) bond motifs is 1. The van der Waals surface area contributed by atoms with Crippen LogP contribution in [0.3, 0.4) is 0 Å². The van der Waals surface area contributed by atoms with E-state index in [0.29, 0.717) is 22.9 Å². The van der Waals surface area contributed by atoms with Gasteiger partial charge in [0.05, 0.1) is 11.6 Å². The Morgan fingerprint density at radius 2 is 1.82 bits per heavy atom. The molecule has 2 aromatic carbocycles. The molecule has 38 heavy (non-hydrogen) atoms. The second kappa shape index (κ2) is 10.4. The van der Waals surface area contributed by atoms with Crippen molar-refractivity contribution in [3.8, 4) is 0 Å². The predicted octanol–water partition coefficient (Wildman–Crippen LogP) is 5.75. The normalized spacial score (nSPS) is 24.8. The van der Waals surface area contributed by atoms with E-state index in [1.54, 1.807) is 23.9 Å². The van der Waals surface area contributed by atoms with Crippen molar-refractivity contribution in [1.82, 2.24) is 14.7 Å². The molecule has 200 valence electrons. The van der Waals surface area contributed by atoms with Crippen LogP contribution in [-0.4, -0.2) is 63.9 Å². The summed E-state index contributed by atoms with van der Waals surface area (Å²) in [7, 11) is 3.50. The zero-order valence-electron chi connectivity index (χ0n) is 22.6. The standard InChI is InChI=1S/C30H35ClN4O2S/c1-19(2)24-25(28(37)34-17-9-12-23(34)27(36)33(4)5)38-29-32-30(3,18-20-10-7-6-8-11-20)26(35(24)29)21-13-15-22(31)16-14-21/h6-8,10-11,13-16,19,23,26H,9,12,17-18H2,1-5H3/t23-,26?,30?/m0/s1. The number of amidine groups is 1. The summed E-state index contributed by atoms with van der Waals surface area (Å²) in [5.74, 6) is 0.0135. The number of likely N-dealkylation sites (N-methyl/N-ethyl adjacent to an activating group) is 1. The van der Waals surface area contributed by atoms with Crippen molar-refractivity contribution in [2.75, 3.05) is 20.6 Å². The van der Waals surface area contributed by atoms with Gasteiger partial charge in [-0.1, -0.05) is 67.9 Å². The summed E-state index contributed by atoms with van der Waals surface area (Å²) < 4.78 is 0. The quantitative estimate of drug-likeness (QED) is 0.460. The van der Waals surface area contributed by atoms with Crippen LogP contribution in [-0.2, 0) is 16.0 Å². The van der Waals surface area contributed by atoms with Crippen LogP contribution in [0.5, 0.6) is 0 Å². The van der Waals surface area contributed by atoms with Crippen molar-refractivity contribution >= 4 is 40.3 Å². The molecule has 0 aromatic heterocycles. The van der Waals surface area contributed by atoms with Crippen LogP contribution in [0.2, 0.25) is 5.02 Å².